The largest absolute Gasteiger partial charge is 0.454 e. The fourth-order valence-corrected chi connectivity index (χ4v) is 6.87. The van der Waals surface area contributed by atoms with Crippen molar-refractivity contribution in [3.63, 3.8) is 0 Å². The molecule has 0 saturated heterocycles. The van der Waals surface area contributed by atoms with E-state index in [9.17, 15) is 0 Å². The van der Waals surface area contributed by atoms with Gasteiger partial charge in [-0.05, 0) is 29.3 Å². The fourth-order valence-electron chi connectivity index (χ4n) is 6.87. The molecule has 0 unspecified atom stereocenters. The molecular formula is C37H25N3O. The van der Waals surface area contributed by atoms with E-state index in [0.29, 0.717) is 5.95 Å². The molecule has 3 aromatic heterocycles. The Hall–Kier alpha value is -5.22. The number of aromatic nitrogens is 3. The van der Waals surface area contributed by atoms with Gasteiger partial charge in [0.2, 0.25) is 5.95 Å². The van der Waals surface area contributed by atoms with Crippen molar-refractivity contribution in [2.45, 2.75) is 19.3 Å². The minimum Gasteiger partial charge on any atom is -0.454 e. The van der Waals surface area contributed by atoms with E-state index in [1.54, 1.807) is 0 Å². The molecule has 4 nitrogen and oxygen atoms in total. The Kier molecular flexibility index (Phi) is 4.36. The maximum absolute atomic E-state index is 6.58. The third-order valence-corrected chi connectivity index (χ3v) is 8.79. The topological polar surface area (TPSA) is 43.9 Å². The zero-order valence-corrected chi connectivity index (χ0v) is 22.7. The van der Waals surface area contributed by atoms with Crippen LogP contribution in [0.4, 0.5) is 0 Å². The highest BCUT2D eigenvalue weighted by Gasteiger charge is 2.40. The molecule has 0 aliphatic heterocycles. The van der Waals surface area contributed by atoms with Crippen molar-refractivity contribution in [3.05, 3.63) is 127 Å². The second-order valence-corrected chi connectivity index (χ2v) is 11.4. The van der Waals surface area contributed by atoms with Gasteiger partial charge in [0.1, 0.15) is 11.1 Å². The van der Waals surface area contributed by atoms with Crippen molar-refractivity contribution < 1.29 is 4.42 Å². The Morgan fingerprint density at radius 3 is 2.22 bits per heavy atom. The van der Waals surface area contributed by atoms with E-state index in [-0.39, 0.29) is 5.41 Å². The molecule has 0 bridgehead atoms. The predicted octanol–water partition coefficient (Wildman–Crippen LogP) is 9.45. The van der Waals surface area contributed by atoms with E-state index in [1.165, 1.54) is 11.1 Å². The van der Waals surface area contributed by atoms with Gasteiger partial charge in [-0.1, -0.05) is 111 Å². The molecule has 1 aliphatic rings. The molecule has 5 aromatic carbocycles. The number of nitrogens with zero attached hydrogens (tertiary/aromatic N) is 3. The van der Waals surface area contributed by atoms with Crippen LogP contribution in [0.3, 0.4) is 0 Å². The van der Waals surface area contributed by atoms with Crippen LogP contribution in [0.2, 0.25) is 0 Å². The van der Waals surface area contributed by atoms with Gasteiger partial charge in [0, 0.05) is 38.1 Å². The van der Waals surface area contributed by atoms with Crippen LogP contribution in [0.15, 0.2) is 120 Å². The van der Waals surface area contributed by atoms with E-state index in [1.807, 2.05) is 12.1 Å². The van der Waals surface area contributed by atoms with Crippen LogP contribution in [-0.2, 0) is 5.41 Å². The SMILES string of the molecule is CC1(C)c2ccccc2-c2c(-c3ccccc3)nc(-n3c4ccccc4c4ccc5c6ccccc6oc5c43)nc21. The summed E-state index contributed by atoms with van der Waals surface area (Å²) in [7, 11) is 0. The normalized spacial score (nSPS) is 13.8. The van der Waals surface area contributed by atoms with Crippen LogP contribution < -0.4 is 0 Å². The Morgan fingerprint density at radius 1 is 0.634 bits per heavy atom. The minimum atomic E-state index is -0.277. The van der Waals surface area contributed by atoms with Crippen LogP contribution in [0.1, 0.15) is 25.1 Å². The van der Waals surface area contributed by atoms with Crippen LogP contribution >= 0.6 is 0 Å². The van der Waals surface area contributed by atoms with Gasteiger partial charge in [-0.3, -0.25) is 4.57 Å². The summed E-state index contributed by atoms with van der Waals surface area (Å²) in [6, 6.07) is 40.3. The smallest absolute Gasteiger partial charge is 0.235 e. The highest BCUT2D eigenvalue weighted by molar-refractivity contribution is 6.21. The van der Waals surface area contributed by atoms with Gasteiger partial charge in [-0.2, -0.15) is 0 Å². The zero-order valence-electron chi connectivity index (χ0n) is 22.7. The molecule has 0 N–H and O–H groups in total. The summed E-state index contributed by atoms with van der Waals surface area (Å²) in [5.41, 5.74) is 10.2. The summed E-state index contributed by atoms with van der Waals surface area (Å²) in [5.74, 6) is 0.655. The first-order valence-electron chi connectivity index (χ1n) is 14.0. The molecule has 8 aromatic rings. The highest BCUT2D eigenvalue weighted by atomic mass is 16.3. The number of fused-ring (bicyclic) bond motifs is 10. The molecule has 0 atom stereocenters. The average molecular weight is 528 g/mol. The third kappa shape index (κ3) is 2.94. The quantitative estimate of drug-likeness (QED) is 0.225. The van der Waals surface area contributed by atoms with Crippen molar-refractivity contribution in [1.82, 2.24) is 14.5 Å². The van der Waals surface area contributed by atoms with Crippen LogP contribution in [0, 0.1) is 0 Å². The zero-order chi connectivity index (χ0) is 27.3. The molecule has 194 valence electrons. The van der Waals surface area contributed by atoms with E-state index < -0.39 is 0 Å². The molecule has 9 rings (SSSR count). The van der Waals surface area contributed by atoms with Crippen LogP contribution in [0.25, 0.3) is 72.1 Å². The summed E-state index contributed by atoms with van der Waals surface area (Å²) in [4.78, 5) is 10.8. The molecular weight excluding hydrogens is 502 g/mol. The van der Waals surface area contributed by atoms with Crippen molar-refractivity contribution in [2.75, 3.05) is 0 Å². The van der Waals surface area contributed by atoms with Gasteiger partial charge < -0.3 is 4.42 Å². The Morgan fingerprint density at radius 2 is 1.34 bits per heavy atom. The predicted molar refractivity (Wildman–Crippen MR) is 167 cm³/mol. The Balaban J connectivity index is 1.46. The number of benzene rings is 5. The van der Waals surface area contributed by atoms with Crippen molar-refractivity contribution >= 4 is 43.7 Å². The van der Waals surface area contributed by atoms with Gasteiger partial charge in [-0.25, -0.2) is 9.97 Å². The first-order valence-corrected chi connectivity index (χ1v) is 14.0. The molecule has 4 heteroatoms. The molecule has 1 aliphatic carbocycles. The second-order valence-electron chi connectivity index (χ2n) is 11.4. The van der Waals surface area contributed by atoms with Crippen LogP contribution in [-0.4, -0.2) is 14.5 Å². The molecule has 0 saturated carbocycles. The van der Waals surface area contributed by atoms with Gasteiger partial charge in [0.05, 0.1) is 16.9 Å². The molecule has 0 radical (unpaired) electrons. The summed E-state index contributed by atoms with van der Waals surface area (Å²) in [6.45, 7) is 4.54. The standard InChI is InChI=1S/C37H25N3O/c1-37(2)28-17-9-6-16-27(28)31-32(22-12-4-3-5-13-22)38-36(39-35(31)37)40-29-18-10-7-14-23(29)25-20-21-26-24-15-8-11-19-30(24)41-34(26)33(25)40/h3-21H,1-2H3. The molecule has 41 heavy (non-hydrogen) atoms. The number of hydrogen-bond donors (Lipinski definition) is 0. The molecule has 0 fully saturated rings. The summed E-state index contributed by atoms with van der Waals surface area (Å²) < 4.78 is 8.79. The van der Waals surface area contributed by atoms with Crippen LogP contribution in [0.5, 0.6) is 0 Å². The lowest BCUT2D eigenvalue weighted by Gasteiger charge is -2.21. The van der Waals surface area contributed by atoms with E-state index in [0.717, 1.165) is 66.3 Å². The number of furan rings is 1. The first-order chi connectivity index (χ1) is 20.1. The number of para-hydroxylation sites is 2. The number of rotatable bonds is 2. The maximum Gasteiger partial charge on any atom is 0.235 e. The molecule has 0 amide bonds. The summed E-state index contributed by atoms with van der Waals surface area (Å²) in [5, 5.41) is 4.48. The molecule has 0 spiro atoms. The molecule has 3 heterocycles. The van der Waals surface area contributed by atoms with Crippen molar-refractivity contribution in [1.29, 1.82) is 0 Å². The fraction of sp³-hybridized carbons (Fsp3) is 0.0811. The number of hydrogen-bond acceptors (Lipinski definition) is 3. The lowest BCUT2D eigenvalue weighted by atomic mass is 9.85. The van der Waals surface area contributed by atoms with Gasteiger partial charge in [0.25, 0.3) is 0 Å². The van der Waals surface area contributed by atoms with Crippen molar-refractivity contribution in [2.24, 2.45) is 0 Å². The third-order valence-electron chi connectivity index (χ3n) is 8.79. The monoisotopic (exact) mass is 527 g/mol. The summed E-state index contributed by atoms with van der Waals surface area (Å²) in [6.07, 6.45) is 0. The Labute approximate surface area is 236 Å². The summed E-state index contributed by atoms with van der Waals surface area (Å²) >= 11 is 0. The average Bonchev–Trinajstić information content (AvgIpc) is 3.64. The van der Waals surface area contributed by atoms with Crippen molar-refractivity contribution in [3.8, 4) is 28.3 Å². The first kappa shape index (κ1) is 22.6. The van der Waals surface area contributed by atoms with Gasteiger partial charge in [-0.15, -0.1) is 0 Å². The Bertz CT molecular complexity index is 2340. The van der Waals surface area contributed by atoms with Gasteiger partial charge in [0.15, 0.2) is 5.58 Å². The minimum absolute atomic E-state index is 0.277. The second kappa shape index (κ2) is 7.92. The lowest BCUT2D eigenvalue weighted by molar-refractivity contribution is 0.632. The van der Waals surface area contributed by atoms with E-state index >= 15 is 0 Å². The van der Waals surface area contributed by atoms with E-state index in [4.69, 9.17) is 14.4 Å². The van der Waals surface area contributed by atoms with Gasteiger partial charge >= 0.3 is 0 Å². The highest BCUT2D eigenvalue weighted by Crippen LogP contribution is 2.51. The lowest BCUT2D eigenvalue weighted by Crippen LogP contribution is -2.18. The van der Waals surface area contributed by atoms with E-state index in [2.05, 4.69) is 122 Å². The maximum atomic E-state index is 6.58.